The van der Waals surface area contributed by atoms with Gasteiger partial charge in [0.15, 0.2) is 0 Å². The molecule has 5 heteroatoms. The van der Waals surface area contributed by atoms with Gasteiger partial charge in [0.05, 0.1) is 19.3 Å². The average molecular weight is 307 g/mol. The van der Waals surface area contributed by atoms with E-state index in [-0.39, 0.29) is 17.8 Å². The van der Waals surface area contributed by atoms with Gasteiger partial charge in [-0.05, 0) is 30.5 Å². The van der Waals surface area contributed by atoms with E-state index in [2.05, 4.69) is 13.8 Å². The highest BCUT2D eigenvalue weighted by molar-refractivity contribution is 5.91. The van der Waals surface area contributed by atoms with Crippen molar-refractivity contribution in [1.82, 2.24) is 4.90 Å². The number of ether oxygens (including phenoxy) is 1. The standard InChI is InChI=1S/C17H25NO4/c1-13(2)9-10-18(12-14(3)17(20)21-4)16(19)8-7-15-6-5-11-22-15/h5-8,11,13-14H,9-10,12H2,1-4H3/b8-7+. The van der Waals surface area contributed by atoms with Crippen LogP contribution in [0.4, 0.5) is 0 Å². The highest BCUT2D eigenvalue weighted by Crippen LogP contribution is 2.09. The molecule has 0 aliphatic rings. The van der Waals surface area contributed by atoms with E-state index in [1.54, 1.807) is 36.3 Å². The van der Waals surface area contributed by atoms with Gasteiger partial charge in [0.25, 0.3) is 0 Å². The Morgan fingerprint density at radius 2 is 2.09 bits per heavy atom. The highest BCUT2D eigenvalue weighted by atomic mass is 16.5. The van der Waals surface area contributed by atoms with E-state index in [0.717, 1.165) is 6.42 Å². The molecule has 1 unspecified atom stereocenters. The van der Waals surface area contributed by atoms with Crippen LogP contribution < -0.4 is 0 Å². The van der Waals surface area contributed by atoms with E-state index < -0.39 is 0 Å². The molecule has 0 aliphatic heterocycles. The monoisotopic (exact) mass is 307 g/mol. The molecule has 1 aromatic rings. The van der Waals surface area contributed by atoms with Crippen molar-refractivity contribution in [2.45, 2.75) is 27.2 Å². The van der Waals surface area contributed by atoms with Crippen LogP contribution in [0.5, 0.6) is 0 Å². The topological polar surface area (TPSA) is 59.8 Å². The van der Waals surface area contributed by atoms with Crippen LogP contribution in [0.1, 0.15) is 33.0 Å². The van der Waals surface area contributed by atoms with Gasteiger partial charge in [-0.25, -0.2) is 0 Å². The fourth-order valence-corrected chi connectivity index (χ4v) is 1.96. The zero-order valence-corrected chi connectivity index (χ0v) is 13.7. The zero-order chi connectivity index (χ0) is 16.5. The lowest BCUT2D eigenvalue weighted by atomic mass is 10.1. The number of amides is 1. The molecule has 0 radical (unpaired) electrons. The van der Waals surface area contributed by atoms with Gasteiger partial charge in [-0.3, -0.25) is 9.59 Å². The lowest BCUT2D eigenvalue weighted by Crippen LogP contribution is -2.37. The Hall–Kier alpha value is -2.04. The van der Waals surface area contributed by atoms with Crippen molar-refractivity contribution in [2.75, 3.05) is 20.2 Å². The number of hydrogen-bond donors (Lipinski definition) is 0. The van der Waals surface area contributed by atoms with Gasteiger partial charge in [0.1, 0.15) is 5.76 Å². The maximum absolute atomic E-state index is 12.3. The predicted octanol–water partition coefficient (Wildman–Crippen LogP) is 2.98. The molecular weight excluding hydrogens is 282 g/mol. The Labute approximate surface area is 131 Å². The summed E-state index contributed by atoms with van der Waals surface area (Å²) >= 11 is 0. The van der Waals surface area contributed by atoms with Crippen molar-refractivity contribution in [3.63, 3.8) is 0 Å². The molecule has 0 N–H and O–H groups in total. The van der Waals surface area contributed by atoms with Crippen molar-refractivity contribution >= 4 is 18.0 Å². The van der Waals surface area contributed by atoms with Crippen LogP contribution in [0.2, 0.25) is 0 Å². The molecule has 0 saturated carbocycles. The Balaban J connectivity index is 2.70. The summed E-state index contributed by atoms with van der Waals surface area (Å²) in [5.41, 5.74) is 0. The molecule has 0 spiro atoms. The third kappa shape index (κ3) is 6.16. The number of hydrogen-bond acceptors (Lipinski definition) is 4. The fraction of sp³-hybridized carbons (Fsp3) is 0.529. The molecule has 22 heavy (non-hydrogen) atoms. The molecular formula is C17H25NO4. The largest absolute Gasteiger partial charge is 0.469 e. The van der Waals surface area contributed by atoms with Crippen LogP contribution >= 0.6 is 0 Å². The van der Waals surface area contributed by atoms with Crippen molar-refractivity contribution in [3.05, 3.63) is 30.2 Å². The molecule has 122 valence electrons. The average Bonchev–Trinajstić information content (AvgIpc) is 3.00. The van der Waals surface area contributed by atoms with Gasteiger partial charge >= 0.3 is 5.97 Å². The number of furan rings is 1. The van der Waals surface area contributed by atoms with Gasteiger partial charge < -0.3 is 14.1 Å². The summed E-state index contributed by atoms with van der Waals surface area (Å²) < 4.78 is 9.89. The van der Waals surface area contributed by atoms with Crippen molar-refractivity contribution in [2.24, 2.45) is 11.8 Å². The second-order valence-electron chi connectivity index (χ2n) is 5.74. The molecule has 1 rings (SSSR count). The lowest BCUT2D eigenvalue weighted by molar-refractivity contribution is -0.146. The molecule has 1 atom stereocenters. The van der Waals surface area contributed by atoms with E-state index in [1.807, 2.05) is 0 Å². The van der Waals surface area contributed by atoms with E-state index in [0.29, 0.717) is 24.8 Å². The Morgan fingerprint density at radius 1 is 1.36 bits per heavy atom. The van der Waals surface area contributed by atoms with E-state index in [4.69, 9.17) is 9.15 Å². The quantitative estimate of drug-likeness (QED) is 0.547. The van der Waals surface area contributed by atoms with Crippen LogP contribution in [-0.2, 0) is 14.3 Å². The van der Waals surface area contributed by atoms with Crippen LogP contribution in [0, 0.1) is 11.8 Å². The normalized spacial score (nSPS) is 12.6. The van der Waals surface area contributed by atoms with Gasteiger partial charge in [-0.15, -0.1) is 0 Å². The SMILES string of the molecule is COC(=O)C(C)CN(CCC(C)C)C(=O)/C=C/c1ccco1. The summed E-state index contributed by atoms with van der Waals surface area (Å²) in [6, 6.07) is 3.54. The molecule has 0 aromatic carbocycles. The van der Waals surface area contributed by atoms with Crippen LogP contribution in [-0.4, -0.2) is 37.0 Å². The second kappa shape index (κ2) is 9.07. The first-order chi connectivity index (χ1) is 10.4. The number of nitrogens with zero attached hydrogens (tertiary/aromatic N) is 1. The van der Waals surface area contributed by atoms with Crippen molar-refractivity contribution in [1.29, 1.82) is 0 Å². The third-order valence-corrected chi connectivity index (χ3v) is 3.32. The molecule has 5 nitrogen and oxygen atoms in total. The minimum Gasteiger partial charge on any atom is -0.469 e. The third-order valence-electron chi connectivity index (χ3n) is 3.32. The summed E-state index contributed by atoms with van der Waals surface area (Å²) in [7, 11) is 1.36. The summed E-state index contributed by atoms with van der Waals surface area (Å²) in [6.07, 6.45) is 5.55. The Bertz CT molecular complexity index is 491. The Morgan fingerprint density at radius 3 is 2.64 bits per heavy atom. The van der Waals surface area contributed by atoms with Crippen LogP contribution in [0.3, 0.4) is 0 Å². The first-order valence-corrected chi connectivity index (χ1v) is 7.52. The molecule has 1 heterocycles. The van der Waals surface area contributed by atoms with Gasteiger partial charge in [-0.2, -0.15) is 0 Å². The molecule has 1 aromatic heterocycles. The second-order valence-corrected chi connectivity index (χ2v) is 5.74. The highest BCUT2D eigenvalue weighted by Gasteiger charge is 2.20. The molecule has 1 amide bonds. The number of methoxy groups -OCH3 is 1. The summed E-state index contributed by atoms with van der Waals surface area (Å²) in [5.74, 6) is 0.319. The van der Waals surface area contributed by atoms with Gasteiger partial charge in [-0.1, -0.05) is 20.8 Å². The Kier molecular flexibility index (Phi) is 7.43. The first kappa shape index (κ1) is 18.0. The number of carbonyl (C=O) groups is 2. The van der Waals surface area contributed by atoms with Crippen molar-refractivity contribution < 1.29 is 18.7 Å². The smallest absolute Gasteiger partial charge is 0.310 e. The summed E-state index contributed by atoms with van der Waals surface area (Å²) in [4.78, 5) is 25.6. The zero-order valence-electron chi connectivity index (χ0n) is 13.7. The van der Waals surface area contributed by atoms with E-state index in [9.17, 15) is 9.59 Å². The number of rotatable bonds is 8. The molecule has 0 fully saturated rings. The molecule has 0 saturated heterocycles. The van der Waals surface area contributed by atoms with Crippen LogP contribution in [0.25, 0.3) is 6.08 Å². The minimum absolute atomic E-state index is 0.132. The fourth-order valence-electron chi connectivity index (χ4n) is 1.96. The number of esters is 1. The minimum atomic E-state index is -0.349. The summed E-state index contributed by atoms with van der Waals surface area (Å²) in [6.45, 7) is 6.93. The summed E-state index contributed by atoms with van der Waals surface area (Å²) in [5, 5.41) is 0. The van der Waals surface area contributed by atoms with E-state index >= 15 is 0 Å². The van der Waals surface area contributed by atoms with Crippen LogP contribution in [0.15, 0.2) is 28.9 Å². The van der Waals surface area contributed by atoms with Gasteiger partial charge in [0, 0.05) is 19.2 Å². The predicted molar refractivity (Wildman–Crippen MR) is 85.0 cm³/mol. The first-order valence-electron chi connectivity index (χ1n) is 7.52. The van der Waals surface area contributed by atoms with Crippen molar-refractivity contribution in [3.8, 4) is 0 Å². The maximum atomic E-state index is 12.3. The molecule has 0 aliphatic carbocycles. The molecule has 0 bridgehead atoms. The number of carbonyl (C=O) groups excluding carboxylic acids is 2. The maximum Gasteiger partial charge on any atom is 0.310 e. The van der Waals surface area contributed by atoms with E-state index in [1.165, 1.54) is 13.2 Å². The van der Waals surface area contributed by atoms with Gasteiger partial charge in [0.2, 0.25) is 5.91 Å². The lowest BCUT2D eigenvalue weighted by Gasteiger charge is -2.24.